The average molecular weight is 294 g/mol. The molecule has 2 nitrogen and oxygen atoms in total. The summed E-state index contributed by atoms with van der Waals surface area (Å²) in [7, 11) is 0. The van der Waals surface area contributed by atoms with Crippen molar-refractivity contribution < 1.29 is 23.0 Å². The molecule has 21 heavy (non-hydrogen) atoms. The SMILES string of the molecule is OCC#Cc1c(OCCC(F)(F)F)ccc2ccccc12. The van der Waals surface area contributed by atoms with E-state index in [1.807, 2.05) is 24.3 Å². The van der Waals surface area contributed by atoms with Crippen LogP contribution in [0.15, 0.2) is 36.4 Å². The Morgan fingerprint density at radius 1 is 1.10 bits per heavy atom. The molecule has 2 aromatic carbocycles. The van der Waals surface area contributed by atoms with Gasteiger partial charge in [0.05, 0.1) is 18.6 Å². The molecule has 0 saturated heterocycles. The van der Waals surface area contributed by atoms with Gasteiger partial charge in [0.15, 0.2) is 0 Å². The number of rotatable bonds is 3. The molecule has 1 N–H and O–H groups in total. The molecule has 0 aliphatic heterocycles. The Balaban J connectivity index is 2.34. The number of alkyl halides is 3. The number of ether oxygens (including phenoxy) is 1. The molecular weight excluding hydrogens is 281 g/mol. The van der Waals surface area contributed by atoms with Crippen molar-refractivity contribution >= 4 is 10.8 Å². The summed E-state index contributed by atoms with van der Waals surface area (Å²) >= 11 is 0. The van der Waals surface area contributed by atoms with Crippen LogP contribution < -0.4 is 4.74 Å². The summed E-state index contributed by atoms with van der Waals surface area (Å²) in [6.07, 6.45) is -5.28. The van der Waals surface area contributed by atoms with Gasteiger partial charge in [-0.3, -0.25) is 0 Å². The predicted molar refractivity (Wildman–Crippen MR) is 74.1 cm³/mol. The molecule has 0 heterocycles. The number of fused-ring (bicyclic) bond motifs is 1. The largest absolute Gasteiger partial charge is 0.492 e. The number of hydrogen-bond acceptors (Lipinski definition) is 2. The molecule has 0 aliphatic rings. The Labute approximate surface area is 120 Å². The van der Waals surface area contributed by atoms with Crippen LogP contribution in [0.25, 0.3) is 10.8 Å². The minimum atomic E-state index is -4.26. The molecule has 0 amide bonds. The van der Waals surface area contributed by atoms with Crippen LogP contribution in [0.1, 0.15) is 12.0 Å². The lowest BCUT2D eigenvalue weighted by Crippen LogP contribution is -2.13. The van der Waals surface area contributed by atoms with Gasteiger partial charge in [0.25, 0.3) is 0 Å². The van der Waals surface area contributed by atoms with Gasteiger partial charge in [0.2, 0.25) is 0 Å². The fourth-order valence-electron chi connectivity index (χ4n) is 1.91. The highest BCUT2D eigenvalue weighted by molar-refractivity contribution is 5.90. The van der Waals surface area contributed by atoms with Crippen molar-refractivity contribution in [2.45, 2.75) is 12.6 Å². The van der Waals surface area contributed by atoms with Crippen LogP contribution in [0.3, 0.4) is 0 Å². The molecular formula is C16H13F3O2. The topological polar surface area (TPSA) is 29.5 Å². The van der Waals surface area contributed by atoms with Gasteiger partial charge in [-0.15, -0.1) is 0 Å². The predicted octanol–water partition coefficient (Wildman–Crippen LogP) is 3.51. The summed E-state index contributed by atoms with van der Waals surface area (Å²) in [4.78, 5) is 0. The van der Waals surface area contributed by atoms with Crippen LogP contribution in [-0.2, 0) is 0 Å². The summed E-state index contributed by atoms with van der Waals surface area (Å²) in [6, 6.07) is 10.7. The highest BCUT2D eigenvalue weighted by Crippen LogP contribution is 2.28. The first kappa shape index (κ1) is 15.2. The lowest BCUT2D eigenvalue weighted by atomic mass is 10.0. The summed E-state index contributed by atoms with van der Waals surface area (Å²) < 4.78 is 41.7. The molecule has 0 radical (unpaired) electrons. The van der Waals surface area contributed by atoms with E-state index in [-0.39, 0.29) is 6.61 Å². The molecule has 0 bridgehead atoms. The van der Waals surface area contributed by atoms with E-state index in [4.69, 9.17) is 9.84 Å². The maximum Gasteiger partial charge on any atom is 0.392 e. The number of benzene rings is 2. The van der Waals surface area contributed by atoms with Crippen molar-refractivity contribution in [3.63, 3.8) is 0 Å². The molecule has 0 saturated carbocycles. The molecule has 0 aliphatic carbocycles. The van der Waals surface area contributed by atoms with Gasteiger partial charge in [-0.25, -0.2) is 0 Å². The van der Waals surface area contributed by atoms with Gasteiger partial charge in [0.1, 0.15) is 12.4 Å². The first-order valence-electron chi connectivity index (χ1n) is 6.32. The minimum Gasteiger partial charge on any atom is -0.492 e. The summed E-state index contributed by atoms with van der Waals surface area (Å²) in [6.45, 7) is -0.791. The highest BCUT2D eigenvalue weighted by Gasteiger charge is 2.27. The Bertz CT molecular complexity index is 681. The van der Waals surface area contributed by atoms with Gasteiger partial charge >= 0.3 is 6.18 Å². The van der Waals surface area contributed by atoms with Gasteiger partial charge in [-0.1, -0.05) is 42.2 Å². The molecule has 0 aromatic heterocycles. The van der Waals surface area contributed by atoms with Gasteiger partial charge < -0.3 is 9.84 Å². The van der Waals surface area contributed by atoms with Crippen molar-refractivity contribution in [1.29, 1.82) is 0 Å². The van der Waals surface area contributed by atoms with E-state index >= 15 is 0 Å². The second kappa shape index (κ2) is 6.51. The minimum absolute atomic E-state index is 0.291. The zero-order valence-electron chi connectivity index (χ0n) is 11.1. The summed E-state index contributed by atoms with van der Waals surface area (Å²) in [5, 5.41) is 10.5. The summed E-state index contributed by atoms with van der Waals surface area (Å²) in [5.41, 5.74) is 0.490. The molecule has 2 rings (SSSR count). The first-order valence-corrected chi connectivity index (χ1v) is 6.32. The van der Waals surface area contributed by atoms with Crippen LogP contribution in [-0.4, -0.2) is 24.5 Å². The van der Waals surface area contributed by atoms with E-state index in [0.717, 1.165) is 10.8 Å². The Kier molecular flexibility index (Phi) is 4.71. The number of aliphatic hydroxyl groups excluding tert-OH is 1. The summed E-state index contributed by atoms with van der Waals surface area (Å²) in [5.74, 6) is 5.55. The first-order chi connectivity index (χ1) is 10.0. The smallest absolute Gasteiger partial charge is 0.392 e. The number of aliphatic hydroxyl groups is 1. The standard InChI is InChI=1S/C16H13F3O2/c17-16(18,19)9-11-21-15-8-7-12-4-1-2-5-13(12)14(15)6-3-10-20/h1-2,4-5,7-8,20H,9-11H2. The van der Waals surface area contributed by atoms with Crippen LogP contribution in [0, 0.1) is 11.8 Å². The average Bonchev–Trinajstić information content (AvgIpc) is 2.44. The van der Waals surface area contributed by atoms with Gasteiger partial charge in [0, 0.05) is 5.39 Å². The quantitative estimate of drug-likeness (QED) is 0.878. The van der Waals surface area contributed by atoms with E-state index < -0.39 is 19.2 Å². The van der Waals surface area contributed by atoms with Crippen LogP contribution in [0.2, 0.25) is 0 Å². The maximum atomic E-state index is 12.2. The van der Waals surface area contributed by atoms with Gasteiger partial charge in [-0.2, -0.15) is 13.2 Å². The molecule has 0 spiro atoms. The molecule has 0 fully saturated rings. The van der Waals surface area contributed by atoms with Crippen LogP contribution in [0.4, 0.5) is 13.2 Å². The Morgan fingerprint density at radius 2 is 1.86 bits per heavy atom. The second-order valence-corrected chi connectivity index (χ2v) is 4.33. The molecule has 0 unspecified atom stereocenters. The maximum absolute atomic E-state index is 12.2. The lowest BCUT2D eigenvalue weighted by Gasteiger charge is -2.12. The van der Waals surface area contributed by atoms with Crippen molar-refractivity contribution in [2.75, 3.05) is 13.2 Å². The van der Waals surface area contributed by atoms with E-state index in [2.05, 4.69) is 11.8 Å². The van der Waals surface area contributed by atoms with Crippen molar-refractivity contribution in [3.8, 4) is 17.6 Å². The van der Waals surface area contributed by atoms with Crippen LogP contribution >= 0.6 is 0 Å². The molecule has 0 atom stereocenters. The zero-order valence-corrected chi connectivity index (χ0v) is 11.1. The molecule has 2 aromatic rings. The monoisotopic (exact) mass is 294 g/mol. The normalized spacial score (nSPS) is 11.0. The lowest BCUT2D eigenvalue weighted by molar-refractivity contribution is -0.139. The second-order valence-electron chi connectivity index (χ2n) is 4.33. The fraction of sp³-hybridized carbons (Fsp3) is 0.250. The Hall–Kier alpha value is -2.19. The highest BCUT2D eigenvalue weighted by atomic mass is 19.4. The number of halogens is 3. The fourth-order valence-corrected chi connectivity index (χ4v) is 1.91. The third-order valence-corrected chi connectivity index (χ3v) is 2.83. The van der Waals surface area contributed by atoms with E-state index in [9.17, 15) is 13.2 Å². The Morgan fingerprint density at radius 3 is 2.57 bits per heavy atom. The van der Waals surface area contributed by atoms with E-state index in [1.54, 1.807) is 12.1 Å². The van der Waals surface area contributed by atoms with E-state index in [0.29, 0.717) is 11.3 Å². The number of hydrogen-bond donors (Lipinski definition) is 1. The third-order valence-electron chi connectivity index (χ3n) is 2.83. The third kappa shape index (κ3) is 4.14. The van der Waals surface area contributed by atoms with Crippen molar-refractivity contribution in [3.05, 3.63) is 42.0 Å². The van der Waals surface area contributed by atoms with Crippen molar-refractivity contribution in [1.82, 2.24) is 0 Å². The van der Waals surface area contributed by atoms with Crippen LogP contribution in [0.5, 0.6) is 5.75 Å². The van der Waals surface area contributed by atoms with Crippen molar-refractivity contribution in [2.24, 2.45) is 0 Å². The van der Waals surface area contributed by atoms with E-state index in [1.165, 1.54) is 0 Å². The molecule has 5 heteroatoms. The zero-order chi connectivity index (χ0) is 15.3. The molecule has 110 valence electrons. The van der Waals surface area contributed by atoms with Gasteiger partial charge in [-0.05, 0) is 11.5 Å².